The monoisotopic (exact) mass is 644 g/mol. The Hall–Kier alpha value is -5.17. The molecule has 0 saturated heterocycles. The van der Waals surface area contributed by atoms with Gasteiger partial charge < -0.3 is 24.8 Å². The summed E-state index contributed by atoms with van der Waals surface area (Å²) < 4.78 is 44.9. The lowest BCUT2D eigenvalue weighted by Crippen LogP contribution is -2.33. The van der Waals surface area contributed by atoms with Gasteiger partial charge in [-0.2, -0.15) is 4.98 Å². The lowest BCUT2D eigenvalue weighted by molar-refractivity contribution is 0.0525. The van der Waals surface area contributed by atoms with E-state index < -0.39 is 21.7 Å². The van der Waals surface area contributed by atoms with E-state index in [9.17, 15) is 13.2 Å². The number of rotatable bonds is 12. The minimum Gasteiger partial charge on any atom is -0.494 e. The number of carbonyl (C=O) groups is 1. The Balaban J connectivity index is 1.29. The first-order valence-corrected chi connectivity index (χ1v) is 16.1. The molecule has 3 aromatic heterocycles. The summed E-state index contributed by atoms with van der Waals surface area (Å²) >= 11 is 0. The van der Waals surface area contributed by atoms with Gasteiger partial charge in [0, 0.05) is 42.5 Å². The van der Waals surface area contributed by atoms with Crippen molar-refractivity contribution in [2.24, 2.45) is 0 Å². The Morgan fingerprint density at radius 1 is 0.978 bits per heavy atom. The van der Waals surface area contributed by atoms with Crippen LogP contribution in [0.4, 0.5) is 10.7 Å². The first-order chi connectivity index (χ1) is 22.0. The van der Waals surface area contributed by atoms with Gasteiger partial charge >= 0.3 is 6.09 Å². The number of carbonyl (C=O) groups excluding carboxylic acids is 1. The molecular weight excluding hydrogens is 608 g/mol. The maximum absolute atomic E-state index is 13.6. The van der Waals surface area contributed by atoms with Crippen molar-refractivity contribution >= 4 is 33.1 Å². The molecule has 0 saturated carbocycles. The van der Waals surface area contributed by atoms with E-state index in [2.05, 4.69) is 20.6 Å². The van der Waals surface area contributed by atoms with Crippen molar-refractivity contribution in [1.82, 2.24) is 24.2 Å². The van der Waals surface area contributed by atoms with Gasteiger partial charge in [0.2, 0.25) is 11.8 Å². The lowest BCUT2D eigenvalue weighted by atomic mass is 10.1. The number of methoxy groups -OCH3 is 1. The number of hydrogen-bond donors (Lipinski definition) is 2. The standard InChI is InChI=1S/C33H36N6O6S/c1-33(2,3)45-32(40)35-17-10-18-44-24-12-8-11-23(19-24)21-36-31-37-28(20-29(38-31)43-4)27-22-39(30-26(27)15-9-16-34-30)46(41,42)25-13-6-5-7-14-25/h5-9,11-16,19-20,22H,10,17-18,21H2,1-4H3,(H,35,40)(H,36,37,38). The van der Waals surface area contributed by atoms with E-state index in [0.717, 1.165) is 5.56 Å². The molecular formula is C33H36N6O6S. The second-order valence-corrected chi connectivity index (χ2v) is 13.1. The maximum Gasteiger partial charge on any atom is 0.407 e. The van der Waals surface area contributed by atoms with E-state index in [1.165, 1.54) is 17.3 Å². The Bertz CT molecular complexity index is 1920. The molecule has 0 atom stereocenters. The van der Waals surface area contributed by atoms with Crippen LogP contribution < -0.4 is 20.1 Å². The Morgan fingerprint density at radius 3 is 2.54 bits per heavy atom. The van der Waals surface area contributed by atoms with Gasteiger partial charge in [0.25, 0.3) is 10.0 Å². The summed E-state index contributed by atoms with van der Waals surface area (Å²) in [5.74, 6) is 1.29. The van der Waals surface area contributed by atoms with Crippen molar-refractivity contribution in [3.05, 3.63) is 90.8 Å². The van der Waals surface area contributed by atoms with E-state index >= 15 is 0 Å². The van der Waals surface area contributed by atoms with Gasteiger partial charge in [-0.05, 0) is 69.2 Å². The number of pyridine rings is 1. The third kappa shape index (κ3) is 7.91. The normalized spacial score (nSPS) is 11.7. The number of nitrogens with one attached hydrogen (secondary N) is 2. The highest BCUT2D eigenvalue weighted by Crippen LogP contribution is 2.33. The van der Waals surface area contributed by atoms with E-state index in [1.54, 1.807) is 54.7 Å². The molecule has 2 aromatic carbocycles. The number of amides is 1. The zero-order valence-corrected chi connectivity index (χ0v) is 26.9. The first kappa shape index (κ1) is 32.2. The van der Waals surface area contributed by atoms with Crippen molar-refractivity contribution in [1.29, 1.82) is 0 Å². The van der Waals surface area contributed by atoms with Gasteiger partial charge in [0.1, 0.15) is 11.4 Å². The molecule has 0 aliphatic rings. The topological polar surface area (TPSA) is 147 Å². The van der Waals surface area contributed by atoms with Crippen LogP contribution in [0.2, 0.25) is 0 Å². The van der Waals surface area contributed by atoms with Gasteiger partial charge in [-0.15, -0.1) is 0 Å². The van der Waals surface area contributed by atoms with Crippen molar-refractivity contribution < 1.29 is 27.4 Å². The fourth-order valence-corrected chi connectivity index (χ4v) is 5.91. The second kappa shape index (κ2) is 13.9. The number of alkyl carbamates (subject to hydrolysis) is 1. The largest absolute Gasteiger partial charge is 0.494 e. The Kier molecular flexibility index (Phi) is 9.71. The summed E-state index contributed by atoms with van der Waals surface area (Å²) in [6.07, 6.45) is 3.23. The third-order valence-corrected chi connectivity index (χ3v) is 8.29. The Morgan fingerprint density at radius 2 is 1.78 bits per heavy atom. The van der Waals surface area contributed by atoms with E-state index in [0.29, 0.717) is 60.3 Å². The number of ether oxygens (including phenoxy) is 3. The van der Waals surface area contributed by atoms with Crippen LogP contribution in [-0.2, 0) is 21.3 Å². The Labute approximate surface area is 267 Å². The number of anilines is 1. The molecule has 13 heteroatoms. The van der Waals surface area contributed by atoms with Crippen LogP contribution in [0.25, 0.3) is 22.3 Å². The van der Waals surface area contributed by atoms with Gasteiger partial charge in [-0.1, -0.05) is 30.3 Å². The molecule has 0 aliphatic heterocycles. The highest BCUT2D eigenvalue weighted by atomic mass is 32.2. The number of benzene rings is 2. The molecule has 0 unspecified atom stereocenters. The maximum atomic E-state index is 13.6. The summed E-state index contributed by atoms with van der Waals surface area (Å²) in [5, 5.41) is 6.56. The molecule has 1 amide bonds. The molecule has 46 heavy (non-hydrogen) atoms. The summed E-state index contributed by atoms with van der Waals surface area (Å²) in [6, 6.07) is 21.0. The minimum atomic E-state index is -3.92. The van der Waals surface area contributed by atoms with Gasteiger partial charge in [0.15, 0.2) is 5.65 Å². The van der Waals surface area contributed by atoms with Crippen LogP contribution in [0, 0.1) is 0 Å². The van der Waals surface area contributed by atoms with Crippen LogP contribution in [0.5, 0.6) is 11.6 Å². The van der Waals surface area contributed by atoms with Crippen LogP contribution in [-0.4, -0.2) is 59.3 Å². The van der Waals surface area contributed by atoms with E-state index in [-0.39, 0.29) is 10.5 Å². The van der Waals surface area contributed by atoms with Crippen molar-refractivity contribution in [2.45, 2.75) is 44.2 Å². The minimum absolute atomic E-state index is 0.149. The summed E-state index contributed by atoms with van der Waals surface area (Å²) in [5.41, 5.74) is 1.68. The molecule has 0 fully saturated rings. The molecule has 5 rings (SSSR count). The lowest BCUT2D eigenvalue weighted by Gasteiger charge is -2.19. The van der Waals surface area contributed by atoms with Gasteiger partial charge in [-0.3, -0.25) is 0 Å². The molecule has 2 N–H and O–H groups in total. The molecule has 5 aromatic rings. The fourth-order valence-electron chi connectivity index (χ4n) is 4.56. The summed E-state index contributed by atoms with van der Waals surface area (Å²) in [4.78, 5) is 25.5. The third-order valence-electron chi connectivity index (χ3n) is 6.63. The second-order valence-electron chi connectivity index (χ2n) is 11.3. The molecule has 240 valence electrons. The molecule has 12 nitrogen and oxygen atoms in total. The average Bonchev–Trinajstić information content (AvgIpc) is 3.44. The zero-order chi connectivity index (χ0) is 32.7. The quantitative estimate of drug-likeness (QED) is 0.164. The van der Waals surface area contributed by atoms with Crippen molar-refractivity contribution in [3.63, 3.8) is 0 Å². The number of hydrogen-bond acceptors (Lipinski definition) is 10. The highest BCUT2D eigenvalue weighted by Gasteiger charge is 2.23. The van der Waals surface area contributed by atoms with Crippen molar-refractivity contribution in [2.75, 3.05) is 25.6 Å². The highest BCUT2D eigenvalue weighted by molar-refractivity contribution is 7.90. The smallest absolute Gasteiger partial charge is 0.407 e. The predicted octanol–water partition coefficient (Wildman–Crippen LogP) is 5.64. The van der Waals surface area contributed by atoms with E-state index in [1.807, 2.05) is 45.0 Å². The molecule has 0 radical (unpaired) electrons. The van der Waals surface area contributed by atoms with Crippen LogP contribution in [0.1, 0.15) is 32.8 Å². The molecule has 0 aliphatic carbocycles. The SMILES string of the molecule is COc1cc(-c2cn(S(=O)(=O)c3ccccc3)c3ncccc23)nc(NCc2cccc(OCCCNC(=O)OC(C)(C)C)c2)n1. The summed E-state index contributed by atoms with van der Waals surface area (Å²) in [7, 11) is -2.42. The number of nitrogens with zero attached hydrogens (tertiary/aromatic N) is 4. The predicted molar refractivity (Wildman–Crippen MR) is 174 cm³/mol. The van der Waals surface area contributed by atoms with Crippen LogP contribution in [0.3, 0.4) is 0 Å². The van der Waals surface area contributed by atoms with E-state index in [4.69, 9.17) is 19.2 Å². The van der Waals surface area contributed by atoms with Gasteiger partial charge in [0.05, 0.1) is 24.3 Å². The molecule has 0 spiro atoms. The van der Waals surface area contributed by atoms with Crippen LogP contribution >= 0.6 is 0 Å². The number of fused-ring (bicyclic) bond motifs is 1. The number of aromatic nitrogens is 4. The molecule has 0 bridgehead atoms. The fraction of sp³-hybridized carbons (Fsp3) is 0.273. The van der Waals surface area contributed by atoms with Gasteiger partial charge in [-0.25, -0.2) is 27.2 Å². The molecule has 3 heterocycles. The summed E-state index contributed by atoms with van der Waals surface area (Å²) in [6.45, 7) is 6.67. The first-order valence-electron chi connectivity index (χ1n) is 14.7. The zero-order valence-electron chi connectivity index (χ0n) is 26.1. The van der Waals surface area contributed by atoms with Crippen molar-refractivity contribution in [3.8, 4) is 22.9 Å². The van der Waals surface area contributed by atoms with Crippen LogP contribution in [0.15, 0.2) is 90.1 Å². The average molecular weight is 645 g/mol.